The molecule has 0 radical (unpaired) electrons. The highest BCUT2D eigenvalue weighted by atomic mass is 32.1. The molecule has 2 aromatic rings. The van der Waals surface area contributed by atoms with Crippen LogP contribution in [0, 0.1) is 13.8 Å². The number of hydrogen-bond donors (Lipinski definition) is 1. The van der Waals surface area contributed by atoms with Gasteiger partial charge in [0.25, 0.3) is 0 Å². The first-order chi connectivity index (χ1) is 8.24. The molecule has 2 heteroatoms. The van der Waals surface area contributed by atoms with Crippen LogP contribution in [-0.4, -0.2) is 6.54 Å². The molecular weight excluding hydrogens is 226 g/mol. The summed E-state index contributed by atoms with van der Waals surface area (Å²) in [5, 5.41) is 3.44. The van der Waals surface area contributed by atoms with Gasteiger partial charge in [0.1, 0.15) is 0 Å². The van der Waals surface area contributed by atoms with Crippen molar-refractivity contribution in [2.45, 2.75) is 26.8 Å². The van der Waals surface area contributed by atoms with E-state index in [9.17, 15) is 0 Å². The van der Waals surface area contributed by atoms with Crippen molar-refractivity contribution in [1.82, 2.24) is 5.32 Å². The predicted octanol–water partition coefficient (Wildman–Crippen LogP) is 3.68. The van der Waals surface area contributed by atoms with Gasteiger partial charge in [0, 0.05) is 16.3 Å². The lowest BCUT2D eigenvalue weighted by atomic mass is 10.0. The van der Waals surface area contributed by atoms with Crippen LogP contribution < -0.4 is 5.32 Å². The van der Waals surface area contributed by atoms with E-state index < -0.39 is 0 Å². The lowest BCUT2D eigenvalue weighted by Gasteiger charge is -2.10. The van der Waals surface area contributed by atoms with Gasteiger partial charge in [-0.3, -0.25) is 0 Å². The topological polar surface area (TPSA) is 12.0 Å². The van der Waals surface area contributed by atoms with Crippen LogP contribution in [0.25, 0.3) is 10.4 Å². The van der Waals surface area contributed by atoms with E-state index in [-0.39, 0.29) is 0 Å². The summed E-state index contributed by atoms with van der Waals surface area (Å²) in [5.41, 5.74) is 5.67. The molecule has 88 valence electrons. The average Bonchev–Trinajstić information content (AvgIpc) is 2.72. The van der Waals surface area contributed by atoms with Crippen molar-refractivity contribution in [2.24, 2.45) is 0 Å². The molecule has 1 aromatic carbocycles. The second kappa shape index (κ2) is 4.28. The first-order valence-electron chi connectivity index (χ1n) is 6.14. The van der Waals surface area contributed by atoms with Gasteiger partial charge in [-0.2, -0.15) is 0 Å². The minimum atomic E-state index is 1.05. The van der Waals surface area contributed by atoms with Crippen LogP contribution in [0.3, 0.4) is 0 Å². The van der Waals surface area contributed by atoms with Gasteiger partial charge < -0.3 is 5.32 Å². The molecule has 0 amide bonds. The predicted molar refractivity (Wildman–Crippen MR) is 74.6 cm³/mol. The summed E-state index contributed by atoms with van der Waals surface area (Å²) in [4.78, 5) is 2.95. The molecule has 2 heterocycles. The van der Waals surface area contributed by atoms with Gasteiger partial charge in [-0.05, 0) is 49.6 Å². The minimum absolute atomic E-state index is 1.05. The van der Waals surface area contributed by atoms with E-state index in [0.717, 1.165) is 13.1 Å². The Morgan fingerprint density at radius 1 is 1.18 bits per heavy atom. The summed E-state index contributed by atoms with van der Waals surface area (Å²) in [7, 11) is 0. The fourth-order valence-electron chi connectivity index (χ4n) is 2.48. The highest BCUT2D eigenvalue weighted by Gasteiger charge is 2.14. The Labute approximate surface area is 106 Å². The minimum Gasteiger partial charge on any atom is -0.312 e. The molecule has 1 aromatic heterocycles. The van der Waals surface area contributed by atoms with E-state index in [0.29, 0.717) is 0 Å². The van der Waals surface area contributed by atoms with Crippen molar-refractivity contribution >= 4 is 11.3 Å². The van der Waals surface area contributed by atoms with Crippen molar-refractivity contribution in [2.75, 3.05) is 6.54 Å². The lowest BCUT2D eigenvalue weighted by molar-refractivity contribution is 0.655. The van der Waals surface area contributed by atoms with Gasteiger partial charge in [-0.15, -0.1) is 11.3 Å². The number of benzene rings is 1. The Morgan fingerprint density at radius 3 is 2.82 bits per heavy atom. The lowest BCUT2D eigenvalue weighted by Crippen LogP contribution is -2.21. The van der Waals surface area contributed by atoms with Crippen molar-refractivity contribution in [3.8, 4) is 10.4 Å². The first kappa shape index (κ1) is 11.0. The number of aryl methyl sites for hydroxylation is 2. The highest BCUT2D eigenvalue weighted by Crippen LogP contribution is 2.34. The van der Waals surface area contributed by atoms with Gasteiger partial charge in [-0.1, -0.05) is 23.8 Å². The summed E-state index contributed by atoms with van der Waals surface area (Å²) < 4.78 is 0. The van der Waals surface area contributed by atoms with Crippen molar-refractivity contribution in [1.29, 1.82) is 0 Å². The normalized spacial score (nSPS) is 14.7. The van der Waals surface area contributed by atoms with Crippen LogP contribution in [0.5, 0.6) is 0 Å². The monoisotopic (exact) mass is 243 g/mol. The Hall–Kier alpha value is -1.12. The molecule has 1 aliphatic rings. The Morgan fingerprint density at radius 2 is 2.06 bits per heavy atom. The summed E-state index contributed by atoms with van der Waals surface area (Å²) in [6.45, 7) is 6.53. The molecule has 1 N–H and O–H groups in total. The molecule has 1 nitrogen and oxygen atoms in total. The molecular formula is C15H17NS. The first-order valence-corrected chi connectivity index (χ1v) is 6.95. The van der Waals surface area contributed by atoms with Crippen molar-refractivity contribution in [3.63, 3.8) is 0 Å². The van der Waals surface area contributed by atoms with Crippen LogP contribution in [0.1, 0.15) is 21.6 Å². The van der Waals surface area contributed by atoms with Crippen LogP contribution in [0.4, 0.5) is 0 Å². The van der Waals surface area contributed by atoms with Crippen LogP contribution in [0.2, 0.25) is 0 Å². The average molecular weight is 243 g/mol. The Bertz CT molecular complexity index is 531. The molecule has 0 atom stereocenters. The molecule has 0 saturated carbocycles. The molecule has 17 heavy (non-hydrogen) atoms. The number of thiophene rings is 1. The fraction of sp³-hybridized carbons (Fsp3) is 0.333. The second-order valence-electron chi connectivity index (χ2n) is 4.80. The summed E-state index contributed by atoms with van der Waals surface area (Å²) in [6, 6.07) is 9.12. The third-order valence-corrected chi connectivity index (χ3v) is 4.61. The molecule has 0 aliphatic carbocycles. The van der Waals surface area contributed by atoms with Crippen LogP contribution >= 0.6 is 11.3 Å². The van der Waals surface area contributed by atoms with E-state index in [1.807, 2.05) is 11.3 Å². The van der Waals surface area contributed by atoms with Gasteiger partial charge in [-0.25, -0.2) is 0 Å². The molecule has 0 saturated heterocycles. The van der Waals surface area contributed by atoms with Crippen LogP contribution in [-0.2, 0) is 13.0 Å². The van der Waals surface area contributed by atoms with Crippen LogP contribution in [0.15, 0.2) is 24.3 Å². The molecule has 3 rings (SSSR count). The van der Waals surface area contributed by atoms with E-state index in [2.05, 4.69) is 43.4 Å². The quantitative estimate of drug-likeness (QED) is 0.805. The maximum atomic E-state index is 3.44. The molecule has 0 unspecified atom stereocenters. The standard InChI is InChI=1S/C15H17NS/c1-10-3-4-13(11(2)7-10)14-8-12-5-6-16-9-15(12)17-14/h3-4,7-8,16H,5-6,9H2,1-2H3. The van der Waals surface area contributed by atoms with Gasteiger partial charge >= 0.3 is 0 Å². The van der Waals surface area contributed by atoms with E-state index >= 15 is 0 Å². The second-order valence-corrected chi connectivity index (χ2v) is 5.94. The van der Waals surface area contributed by atoms with Crippen molar-refractivity contribution < 1.29 is 0 Å². The largest absolute Gasteiger partial charge is 0.312 e. The SMILES string of the molecule is Cc1ccc(-c2cc3c(s2)CNCC3)c(C)c1. The Kier molecular flexibility index (Phi) is 2.77. The summed E-state index contributed by atoms with van der Waals surface area (Å²) in [5.74, 6) is 0. The van der Waals surface area contributed by atoms with E-state index in [1.165, 1.54) is 32.9 Å². The molecule has 1 aliphatic heterocycles. The smallest absolute Gasteiger partial charge is 0.0351 e. The number of fused-ring (bicyclic) bond motifs is 1. The number of nitrogens with one attached hydrogen (secondary N) is 1. The third-order valence-electron chi connectivity index (χ3n) is 3.40. The zero-order valence-corrected chi connectivity index (χ0v) is 11.2. The number of hydrogen-bond acceptors (Lipinski definition) is 2. The summed E-state index contributed by atoms with van der Waals surface area (Å²) in [6.07, 6.45) is 1.18. The molecule has 0 bridgehead atoms. The fourth-order valence-corrected chi connectivity index (χ4v) is 3.75. The van der Waals surface area contributed by atoms with Gasteiger partial charge in [0.2, 0.25) is 0 Å². The number of rotatable bonds is 1. The Balaban J connectivity index is 2.06. The molecule has 0 spiro atoms. The summed E-state index contributed by atoms with van der Waals surface area (Å²) >= 11 is 1.95. The maximum absolute atomic E-state index is 3.44. The van der Waals surface area contributed by atoms with Gasteiger partial charge in [0.05, 0.1) is 0 Å². The highest BCUT2D eigenvalue weighted by molar-refractivity contribution is 7.15. The van der Waals surface area contributed by atoms with E-state index in [4.69, 9.17) is 0 Å². The maximum Gasteiger partial charge on any atom is 0.0351 e. The third kappa shape index (κ3) is 2.03. The molecule has 0 fully saturated rings. The zero-order valence-electron chi connectivity index (χ0n) is 10.3. The zero-order chi connectivity index (χ0) is 11.8. The van der Waals surface area contributed by atoms with Gasteiger partial charge in [0.15, 0.2) is 0 Å². The van der Waals surface area contributed by atoms with Crippen molar-refractivity contribution in [3.05, 3.63) is 45.8 Å². The van der Waals surface area contributed by atoms with E-state index in [1.54, 1.807) is 5.56 Å².